The number of nitrogens with zero attached hydrogens (tertiary/aromatic N) is 2. The van der Waals surface area contributed by atoms with Crippen LogP contribution in [0.5, 0.6) is 5.75 Å². The zero-order valence-electron chi connectivity index (χ0n) is 18.5. The number of benzene rings is 3. The molecule has 0 aliphatic heterocycles. The topological polar surface area (TPSA) is 88.1 Å². The molecule has 10 heteroatoms. The Labute approximate surface area is 209 Å². The third kappa shape index (κ3) is 6.96. The largest absolute Gasteiger partial charge is 0.491 e. The highest BCUT2D eigenvalue weighted by molar-refractivity contribution is 7.92. The van der Waals surface area contributed by atoms with Crippen LogP contribution in [0.4, 0.5) is 5.69 Å². The van der Waals surface area contributed by atoms with Gasteiger partial charge in [0.15, 0.2) is 0 Å². The zero-order valence-corrected chi connectivity index (χ0v) is 20.8. The number of carbonyl (C=O) groups is 1. The SMILES string of the molecule is CC(C)Oc1ccc(/C=N\NC(=O)CN(c2cccc(Cl)c2)S(=O)(=O)c2ccc(Cl)cc2)cc1. The van der Waals surface area contributed by atoms with Crippen LogP contribution in [0, 0.1) is 0 Å². The number of rotatable bonds is 9. The predicted molar refractivity (Wildman–Crippen MR) is 135 cm³/mol. The second-order valence-corrected chi connectivity index (χ2v) is 10.2. The minimum absolute atomic E-state index is 0.0168. The third-order valence-corrected chi connectivity index (χ3v) is 6.71. The first-order valence-electron chi connectivity index (χ1n) is 10.3. The summed E-state index contributed by atoms with van der Waals surface area (Å²) in [4.78, 5) is 12.6. The van der Waals surface area contributed by atoms with Crippen molar-refractivity contribution in [2.45, 2.75) is 24.8 Å². The van der Waals surface area contributed by atoms with Gasteiger partial charge in [-0.3, -0.25) is 9.10 Å². The highest BCUT2D eigenvalue weighted by Crippen LogP contribution is 2.26. The van der Waals surface area contributed by atoms with Gasteiger partial charge in [-0.1, -0.05) is 29.3 Å². The molecule has 1 amide bonds. The number of anilines is 1. The van der Waals surface area contributed by atoms with Crippen LogP contribution in [0.15, 0.2) is 82.8 Å². The number of sulfonamides is 1. The van der Waals surface area contributed by atoms with Crippen molar-refractivity contribution in [3.63, 3.8) is 0 Å². The smallest absolute Gasteiger partial charge is 0.264 e. The van der Waals surface area contributed by atoms with Gasteiger partial charge in [-0.25, -0.2) is 13.8 Å². The Hall–Kier alpha value is -3.07. The molecule has 3 rings (SSSR count). The summed E-state index contributed by atoms with van der Waals surface area (Å²) < 4.78 is 33.2. The molecule has 0 aliphatic carbocycles. The summed E-state index contributed by atoms with van der Waals surface area (Å²) in [7, 11) is -4.09. The molecule has 0 unspecified atom stereocenters. The van der Waals surface area contributed by atoms with E-state index in [0.717, 1.165) is 15.6 Å². The maximum atomic E-state index is 13.3. The summed E-state index contributed by atoms with van der Waals surface area (Å²) in [6, 6.07) is 19.1. The second kappa shape index (κ2) is 11.4. The number of carbonyl (C=O) groups excluding carboxylic acids is 1. The van der Waals surface area contributed by atoms with E-state index in [4.69, 9.17) is 27.9 Å². The van der Waals surface area contributed by atoms with Crippen molar-refractivity contribution >= 4 is 51.0 Å². The molecule has 1 N–H and O–H groups in total. The van der Waals surface area contributed by atoms with Crippen LogP contribution in [0.1, 0.15) is 19.4 Å². The normalized spacial score (nSPS) is 11.6. The van der Waals surface area contributed by atoms with E-state index in [9.17, 15) is 13.2 Å². The van der Waals surface area contributed by atoms with E-state index in [-0.39, 0.29) is 16.7 Å². The van der Waals surface area contributed by atoms with E-state index in [0.29, 0.717) is 10.0 Å². The van der Waals surface area contributed by atoms with Crippen LogP contribution in [-0.4, -0.2) is 33.2 Å². The average Bonchev–Trinajstić information content (AvgIpc) is 2.78. The van der Waals surface area contributed by atoms with Crippen LogP contribution in [0.3, 0.4) is 0 Å². The Morgan fingerprint density at radius 2 is 1.71 bits per heavy atom. The molecule has 7 nitrogen and oxygen atoms in total. The van der Waals surface area contributed by atoms with Gasteiger partial charge in [0.05, 0.1) is 22.9 Å². The van der Waals surface area contributed by atoms with Crippen molar-refractivity contribution in [3.8, 4) is 5.75 Å². The van der Waals surface area contributed by atoms with Crippen molar-refractivity contribution in [2.75, 3.05) is 10.8 Å². The fraction of sp³-hybridized carbons (Fsp3) is 0.167. The monoisotopic (exact) mass is 519 g/mol. The Morgan fingerprint density at radius 3 is 2.32 bits per heavy atom. The lowest BCUT2D eigenvalue weighted by Crippen LogP contribution is -2.39. The summed E-state index contributed by atoms with van der Waals surface area (Å²) in [6.07, 6.45) is 1.51. The molecule has 0 radical (unpaired) electrons. The number of hydrogen-bond donors (Lipinski definition) is 1. The fourth-order valence-corrected chi connectivity index (χ4v) is 4.65. The molecule has 3 aromatic rings. The summed E-state index contributed by atoms with van der Waals surface area (Å²) in [5.41, 5.74) is 3.34. The van der Waals surface area contributed by atoms with E-state index in [1.54, 1.807) is 42.5 Å². The molecule has 0 saturated carbocycles. The van der Waals surface area contributed by atoms with Crippen LogP contribution in [0.25, 0.3) is 0 Å². The molecular weight excluding hydrogens is 497 g/mol. The molecule has 0 fully saturated rings. The molecule has 0 spiro atoms. The first kappa shape index (κ1) is 25.6. The molecule has 0 bridgehead atoms. The van der Waals surface area contributed by atoms with Crippen LogP contribution in [-0.2, 0) is 14.8 Å². The summed E-state index contributed by atoms with van der Waals surface area (Å²) in [6.45, 7) is 3.36. The molecule has 0 aliphatic rings. The van der Waals surface area contributed by atoms with Crippen molar-refractivity contribution in [1.29, 1.82) is 0 Å². The fourth-order valence-electron chi connectivity index (χ4n) is 2.93. The van der Waals surface area contributed by atoms with Crippen LogP contribution in [0.2, 0.25) is 10.0 Å². The minimum atomic E-state index is -4.09. The maximum Gasteiger partial charge on any atom is 0.264 e. The van der Waals surface area contributed by atoms with Gasteiger partial charge in [0.2, 0.25) is 0 Å². The lowest BCUT2D eigenvalue weighted by atomic mass is 10.2. The molecule has 0 heterocycles. The number of nitrogens with one attached hydrogen (secondary N) is 1. The Bertz CT molecular complexity index is 1260. The van der Waals surface area contributed by atoms with Crippen molar-refractivity contribution in [1.82, 2.24) is 5.43 Å². The zero-order chi connectivity index (χ0) is 24.7. The highest BCUT2D eigenvalue weighted by Gasteiger charge is 2.27. The number of hydrogen-bond acceptors (Lipinski definition) is 5. The predicted octanol–water partition coefficient (Wildman–Crippen LogP) is 5.13. The quantitative estimate of drug-likeness (QED) is 0.313. The minimum Gasteiger partial charge on any atom is -0.491 e. The first-order chi connectivity index (χ1) is 16.1. The van der Waals surface area contributed by atoms with E-state index in [2.05, 4.69) is 10.5 Å². The molecule has 178 valence electrons. The summed E-state index contributed by atoms with van der Waals surface area (Å²) in [5.74, 6) is 0.0919. The van der Waals surface area contributed by atoms with Gasteiger partial charge in [0, 0.05) is 10.0 Å². The molecule has 0 atom stereocenters. The van der Waals surface area contributed by atoms with Gasteiger partial charge < -0.3 is 4.74 Å². The molecule has 3 aromatic carbocycles. The standard InChI is InChI=1S/C24H23Cl2N3O4S/c1-17(2)33-22-10-6-18(7-11-22)15-27-28-24(30)16-29(21-5-3-4-20(26)14-21)34(31,32)23-12-8-19(25)9-13-23/h3-15,17H,16H2,1-2H3,(H,28,30)/b27-15-. The van der Waals surface area contributed by atoms with Gasteiger partial charge in [-0.05, 0) is 86.1 Å². The van der Waals surface area contributed by atoms with Gasteiger partial charge in [-0.15, -0.1) is 0 Å². The van der Waals surface area contributed by atoms with E-state index in [1.807, 2.05) is 13.8 Å². The maximum absolute atomic E-state index is 13.3. The van der Waals surface area contributed by atoms with Gasteiger partial charge in [-0.2, -0.15) is 5.10 Å². The van der Waals surface area contributed by atoms with E-state index < -0.39 is 22.5 Å². The summed E-state index contributed by atoms with van der Waals surface area (Å²) in [5, 5.41) is 4.66. The van der Waals surface area contributed by atoms with Crippen molar-refractivity contribution in [2.24, 2.45) is 5.10 Å². The number of ether oxygens (including phenoxy) is 1. The molecule has 0 saturated heterocycles. The number of amides is 1. The molecular formula is C24H23Cl2N3O4S. The first-order valence-corrected chi connectivity index (χ1v) is 12.5. The average molecular weight is 520 g/mol. The molecule has 34 heavy (non-hydrogen) atoms. The lowest BCUT2D eigenvalue weighted by Gasteiger charge is -2.23. The third-order valence-electron chi connectivity index (χ3n) is 4.44. The van der Waals surface area contributed by atoms with Gasteiger partial charge >= 0.3 is 0 Å². The Morgan fingerprint density at radius 1 is 1.03 bits per heavy atom. The van der Waals surface area contributed by atoms with Gasteiger partial charge in [0.25, 0.3) is 15.9 Å². The Kier molecular flexibility index (Phi) is 8.55. The van der Waals surface area contributed by atoms with Crippen LogP contribution < -0.4 is 14.5 Å². The molecule has 0 aromatic heterocycles. The highest BCUT2D eigenvalue weighted by atomic mass is 35.5. The van der Waals surface area contributed by atoms with Crippen molar-refractivity contribution in [3.05, 3.63) is 88.4 Å². The lowest BCUT2D eigenvalue weighted by molar-refractivity contribution is -0.119. The number of hydrazone groups is 1. The Balaban J connectivity index is 1.76. The second-order valence-electron chi connectivity index (χ2n) is 7.47. The summed E-state index contributed by atoms with van der Waals surface area (Å²) >= 11 is 11.9. The van der Waals surface area contributed by atoms with Crippen molar-refractivity contribution < 1.29 is 17.9 Å². The van der Waals surface area contributed by atoms with Crippen LogP contribution >= 0.6 is 23.2 Å². The van der Waals surface area contributed by atoms with E-state index in [1.165, 1.54) is 36.5 Å². The van der Waals surface area contributed by atoms with Gasteiger partial charge in [0.1, 0.15) is 12.3 Å². The number of halogens is 2. The van der Waals surface area contributed by atoms with E-state index >= 15 is 0 Å².